The van der Waals surface area contributed by atoms with Gasteiger partial charge in [0.25, 0.3) is 11.6 Å². The zero-order valence-electron chi connectivity index (χ0n) is 9.97. The van der Waals surface area contributed by atoms with Gasteiger partial charge in [0.2, 0.25) is 0 Å². The van der Waals surface area contributed by atoms with Gasteiger partial charge in [-0.15, -0.1) is 0 Å². The lowest BCUT2D eigenvalue weighted by Gasteiger charge is -2.06. The van der Waals surface area contributed by atoms with Gasteiger partial charge in [-0.2, -0.15) is 0 Å². The Morgan fingerprint density at radius 1 is 1.20 bits per heavy atom. The smallest absolute Gasteiger partial charge is 0.292 e. The van der Waals surface area contributed by atoms with Gasteiger partial charge in [-0.25, -0.2) is 4.39 Å². The van der Waals surface area contributed by atoms with Gasteiger partial charge in [0.15, 0.2) is 0 Å². The Hall–Kier alpha value is -2.03. The van der Waals surface area contributed by atoms with Crippen molar-refractivity contribution in [2.45, 2.75) is 0 Å². The van der Waals surface area contributed by atoms with Crippen LogP contribution in [0.2, 0.25) is 0 Å². The highest BCUT2D eigenvalue weighted by Crippen LogP contribution is 2.25. The van der Waals surface area contributed by atoms with Crippen LogP contribution < -0.4 is 5.32 Å². The van der Waals surface area contributed by atoms with Crippen LogP contribution in [0.1, 0.15) is 10.4 Å². The van der Waals surface area contributed by atoms with Crippen molar-refractivity contribution in [3.05, 3.63) is 67.5 Å². The third kappa shape index (κ3) is 3.29. The third-order valence-corrected chi connectivity index (χ3v) is 3.23. The first kappa shape index (κ1) is 14.4. The summed E-state index contributed by atoms with van der Waals surface area (Å²) in [5.74, 6) is -1.19. The minimum absolute atomic E-state index is 0.168. The predicted octanol–water partition coefficient (Wildman–Crippen LogP) is 3.59. The largest absolute Gasteiger partial charge is 0.316 e. The van der Waals surface area contributed by atoms with Gasteiger partial charge in [0.1, 0.15) is 11.5 Å². The van der Waals surface area contributed by atoms with Crippen molar-refractivity contribution in [3.8, 4) is 0 Å². The Morgan fingerprint density at radius 3 is 2.45 bits per heavy atom. The number of nitro benzene ring substituents is 1. The summed E-state index contributed by atoms with van der Waals surface area (Å²) in [6, 6.07) is 9.54. The Kier molecular flexibility index (Phi) is 4.28. The number of nitro groups is 1. The highest BCUT2D eigenvalue weighted by Gasteiger charge is 2.17. The number of halogens is 2. The number of benzene rings is 2. The van der Waals surface area contributed by atoms with Crippen molar-refractivity contribution >= 4 is 39.9 Å². The van der Waals surface area contributed by atoms with E-state index in [9.17, 15) is 19.3 Å². The molecule has 0 saturated heterocycles. The topological polar surface area (TPSA) is 72.2 Å². The number of nitrogens with one attached hydrogen (secondary N) is 1. The normalized spacial score (nSPS) is 10.1. The van der Waals surface area contributed by atoms with Crippen LogP contribution in [0, 0.1) is 19.5 Å². The summed E-state index contributed by atoms with van der Waals surface area (Å²) in [5, 5.41) is 13.2. The quantitative estimate of drug-likeness (QED) is 0.498. The van der Waals surface area contributed by atoms with Crippen LogP contribution in [-0.2, 0) is 0 Å². The van der Waals surface area contributed by atoms with Crippen molar-refractivity contribution in [2.75, 3.05) is 5.32 Å². The molecule has 0 aromatic heterocycles. The number of carbonyl (C=O) groups is 1. The molecule has 0 aliphatic heterocycles. The van der Waals surface area contributed by atoms with Gasteiger partial charge in [-0.3, -0.25) is 14.9 Å². The highest BCUT2D eigenvalue weighted by atomic mass is 127. The molecule has 7 heteroatoms. The van der Waals surface area contributed by atoms with Crippen LogP contribution in [0.15, 0.2) is 42.5 Å². The molecule has 0 heterocycles. The van der Waals surface area contributed by atoms with Gasteiger partial charge in [0, 0.05) is 21.3 Å². The molecule has 20 heavy (non-hydrogen) atoms. The molecule has 1 amide bonds. The van der Waals surface area contributed by atoms with E-state index >= 15 is 0 Å². The van der Waals surface area contributed by atoms with E-state index in [-0.39, 0.29) is 11.4 Å². The van der Waals surface area contributed by atoms with E-state index in [0.717, 1.165) is 21.8 Å². The van der Waals surface area contributed by atoms with Gasteiger partial charge < -0.3 is 5.32 Å². The fourth-order valence-corrected chi connectivity index (χ4v) is 1.92. The van der Waals surface area contributed by atoms with E-state index < -0.39 is 16.6 Å². The Labute approximate surface area is 127 Å². The number of rotatable bonds is 3. The molecule has 0 atom stereocenters. The fraction of sp³-hybridized carbons (Fsp3) is 0. The molecular weight excluding hydrogens is 378 g/mol. The molecule has 0 saturated carbocycles. The van der Waals surface area contributed by atoms with E-state index in [1.165, 1.54) is 0 Å². The molecule has 0 spiro atoms. The second kappa shape index (κ2) is 5.95. The molecule has 2 aromatic rings. The maximum atomic E-state index is 13.1. The van der Waals surface area contributed by atoms with Crippen molar-refractivity contribution < 1.29 is 14.1 Å². The molecule has 2 aromatic carbocycles. The first-order chi connectivity index (χ1) is 9.47. The van der Waals surface area contributed by atoms with Gasteiger partial charge in [-0.05, 0) is 52.9 Å². The molecule has 0 aliphatic rings. The van der Waals surface area contributed by atoms with Gasteiger partial charge in [-0.1, -0.05) is 0 Å². The maximum Gasteiger partial charge on any atom is 0.292 e. The second-order valence-corrected chi connectivity index (χ2v) is 5.13. The molecule has 2 rings (SSSR count). The summed E-state index contributed by atoms with van der Waals surface area (Å²) in [6.45, 7) is 0. The van der Waals surface area contributed by atoms with Crippen LogP contribution in [0.25, 0.3) is 0 Å². The number of nitrogens with zero attached hydrogens (tertiary/aromatic N) is 1. The first-order valence-corrected chi connectivity index (χ1v) is 6.56. The molecule has 5 nitrogen and oxygen atoms in total. The number of hydrogen-bond acceptors (Lipinski definition) is 3. The van der Waals surface area contributed by atoms with Crippen LogP contribution in [0.4, 0.5) is 15.8 Å². The minimum Gasteiger partial charge on any atom is -0.316 e. The van der Waals surface area contributed by atoms with Crippen molar-refractivity contribution in [2.24, 2.45) is 0 Å². The summed E-state index contributed by atoms with van der Waals surface area (Å²) in [5.41, 5.74) is -0.187. The Morgan fingerprint density at radius 2 is 1.85 bits per heavy atom. The molecule has 1 N–H and O–H groups in total. The lowest BCUT2D eigenvalue weighted by molar-refractivity contribution is -0.384. The number of carbonyl (C=O) groups excluding carboxylic acids is 1. The predicted molar refractivity (Wildman–Crippen MR) is 80.2 cm³/mol. The van der Waals surface area contributed by atoms with Crippen molar-refractivity contribution in [3.63, 3.8) is 0 Å². The molecular formula is C13H8FIN2O3. The molecule has 0 bridgehead atoms. The van der Waals surface area contributed by atoms with Crippen LogP contribution in [0.5, 0.6) is 0 Å². The van der Waals surface area contributed by atoms with Crippen molar-refractivity contribution in [1.29, 1.82) is 0 Å². The Balaban J connectivity index is 2.29. The zero-order valence-corrected chi connectivity index (χ0v) is 12.1. The summed E-state index contributed by atoms with van der Waals surface area (Å²) in [7, 11) is 0. The van der Waals surface area contributed by atoms with E-state index in [4.69, 9.17) is 0 Å². The van der Waals surface area contributed by atoms with E-state index in [1.807, 2.05) is 0 Å². The summed E-state index contributed by atoms with van der Waals surface area (Å²) < 4.78 is 14.1. The van der Waals surface area contributed by atoms with E-state index in [1.54, 1.807) is 24.3 Å². The van der Waals surface area contributed by atoms with E-state index in [2.05, 4.69) is 27.9 Å². The average molecular weight is 386 g/mol. The zero-order chi connectivity index (χ0) is 14.7. The highest BCUT2D eigenvalue weighted by molar-refractivity contribution is 14.1. The SMILES string of the molecule is O=C(Nc1cc(F)ccc1[N+](=O)[O-])c1ccc(I)cc1. The van der Waals surface area contributed by atoms with Crippen LogP contribution in [0.3, 0.4) is 0 Å². The minimum atomic E-state index is -0.678. The standard InChI is InChI=1S/C13H8FIN2O3/c14-9-3-6-12(17(19)20)11(7-9)16-13(18)8-1-4-10(15)5-2-8/h1-7H,(H,16,18). The fourth-order valence-electron chi connectivity index (χ4n) is 1.56. The Bertz CT molecular complexity index is 674. The summed E-state index contributed by atoms with van der Waals surface area (Å²) >= 11 is 2.09. The average Bonchev–Trinajstić information content (AvgIpc) is 2.39. The number of hydrogen-bond donors (Lipinski definition) is 1. The lowest BCUT2D eigenvalue weighted by atomic mass is 10.2. The monoisotopic (exact) mass is 386 g/mol. The number of amides is 1. The van der Waals surface area contributed by atoms with Crippen molar-refractivity contribution in [1.82, 2.24) is 0 Å². The van der Waals surface area contributed by atoms with Gasteiger partial charge >= 0.3 is 0 Å². The molecule has 0 aliphatic carbocycles. The second-order valence-electron chi connectivity index (χ2n) is 3.88. The first-order valence-electron chi connectivity index (χ1n) is 5.48. The van der Waals surface area contributed by atoms with Crippen LogP contribution >= 0.6 is 22.6 Å². The molecule has 0 unspecified atom stereocenters. The van der Waals surface area contributed by atoms with E-state index in [0.29, 0.717) is 5.56 Å². The summed E-state index contributed by atoms with van der Waals surface area (Å²) in [6.07, 6.45) is 0. The number of anilines is 1. The molecule has 0 radical (unpaired) electrons. The molecule has 0 fully saturated rings. The maximum absolute atomic E-state index is 13.1. The lowest BCUT2D eigenvalue weighted by Crippen LogP contribution is -2.13. The molecule has 102 valence electrons. The summed E-state index contributed by atoms with van der Waals surface area (Å²) in [4.78, 5) is 22.1. The third-order valence-electron chi connectivity index (χ3n) is 2.51. The van der Waals surface area contributed by atoms with Gasteiger partial charge in [0.05, 0.1) is 4.92 Å². The van der Waals surface area contributed by atoms with Crippen LogP contribution in [-0.4, -0.2) is 10.8 Å².